The first kappa shape index (κ1) is 15.4. The molecule has 0 unspecified atom stereocenters. The van der Waals surface area contributed by atoms with Crippen molar-refractivity contribution >= 4 is 26.0 Å². The first-order valence-corrected chi connectivity index (χ1v) is 7.68. The summed E-state index contributed by atoms with van der Waals surface area (Å²) < 4.78 is 41.1. The Kier molecular flexibility index (Phi) is 4.74. The third-order valence-corrected chi connectivity index (χ3v) is 3.70. The maximum Gasteiger partial charge on any atom is 0.209 e. The van der Waals surface area contributed by atoms with Crippen LogP contribution in [0.15, 0.2) is 22.7 Å². The van der Waals surface area contributed by atoms with E-state index in [1.165, 1.54) is 12.1 Å². The van der Waals surface area contributed by atoms with Crippen LogP contribution in [0.4, 0.5) is 4.39 Å². The Hall–Kier alpha value is -0.660. The van der Waals surface area contributed by atoms with E-state index in [0.29, 0.717) is 10.2 Å². The van der Waals surface area contributed by atoms with Crippen LogP contribution in [0.25, 0.3) is 0 Å². The van der Waals surface area contributed by atoms with Crippen LogP contribution in [0.3, 0.4) is 0 Å². The summed E-state index contributed by atoms with van der Waals surface area (Å²) in [6.45, 7) is 3.55. The van der Waals surface area contributed by atoms with Crippen LogP contribution in [-0.4, -0.2) is 20.8 Å². The highest BCUT2D eigenvalue weighted by molar-refractivity contribution is 9.10. The summed E-state index contributed by atoms with van der Waals surface area (Å²) in [5, 5.41) is 4.99. The van der Waals surface area contributed by atoms with E-state index in [2.05, 4.69) is 15.9 Å². The van der Waals surface area contributed by atoms with Gasteiger partial charge in [0.1, 0.15) is 11.6 Å². The number of hydrogen-bond donors (Lipinski definition) is 1. The van der Waals surface area contributed by atoms with Gasteiger partial charge in [-0.15, -0.1) is 0 Å². The molecule has 7 heteroatoms. The second-order valence-corrected chi connectivity index (χ2v) is 7.40. The van der Waals surface area contributed by atoms with Gasteiger partial charge in [0.15, 0.2) is 0 Å². The monoisotopic (exact) mass is 339 g/mol. The van der Waals surface area contributed by atoms with E-state index >= 15 is 0 Å². The molecule has 1 aromatic rings. The van der Waals surface area contributed by atoms with Gasteiger partial charge in [0.05, 0.1) is 12.4 Å². The smallest absolute Gasteiger partial charge is 0.209 e. The Balaban J connectivity index is 2.69. The van der Waals surface area contributed by atoms with Crippen LogP contribution in [0.2, 0.25) is 0 Å². The van der Waals surface area contributed by atoms with Crippen molar-refractivity contribution < 1.29 is 17.5 Å². The zero-order valence-corrected chi connectivity index (χ0v) is 12.5. The molecule has 0 aliphatic heterocycles. The summed E-state index contributed by atoms with van der Waals surface area (Å²) >= 11 is 3.15. The second-order valence-electron chi connectivity index (χ2n) is 4.87. The minimum atomic E-state index is -3.57. The molecule has 2 N–H and O–H groups in total. The maximum absolute atomic E-state index is 13.1. The van der Waals surface area contributed by atoms with Gasteiger partial charge >= 0.3 is 0 Å². The average Bonchev–Trinajstić information content (AvgIpc) is 2.09. The molecule has 0 aromatic heterocycles. The molecule has 102 valence electrons. The van der Waals surface area contributed by atoms with Crippen molar-refractivity contribution in [3.63, 3.8) is 0 Å². The number of rotatable bonds is 5. The fourth-order valence-electron chi connectivity index (χ4n) is 1.48. The summed E-state index contributed by atoms with van der Waals surface area (Å²) in [7, 11) is -3.57. The van der Waals surface area contributed by atoms with Crippen LogP contribution in [0.1, 0.15) is 13.8 Å². The normalized spacial score (nSPS) is 12.5. The highest BCUT2D eigenvalue weighted by Crippen LogP contribution is 2.24. The van der Waals surface area contributed by atoms with Gasteiger partial charge in [-0.1, -0.05) is 29.8 Å². The molecule has 0 amide bonds. The van der Waals surface area contributed by atoms with Crippen molar-refractivity contribution in [1.82, 2.24) is 0 Å². The van der Waals surface area contributed by atoms with E-state index < -0.39 is 21.3 Å². The molecule has 0 spiro atoms. The molecule has 1 aromatic carbocycles. The molecular weight excluding hydrogens is 325 g/mol. The van der Waals surface area contributed by atoms with Gasteiger partial charge in [-0.2, -0.15) is 0 Å². The average molecular weight is 340 g/mol. The lowest BCUT2D eigenvalue weighted by molar-refractivity contribution is 0.199. The van der Waals surface area contributed by atoms with Crippen molar-refractivity contribution in [2.75, 3.05) is 12.4 Å². The first-order valence-electron chi connectivity index (χ1n) is 5.17. The Labute approximate surface area is 115 Å². The summed E-state index contributed by atoms with van der Waals surface area (Å²) in [5.41, 5.74) is -0.646. The molecule has 0 fully saturated rings. The molecular formula is C11H15BrFNO3S. The van der Waals surface area contributed by atoms with E-state index in [0.717, 1.165) is 0 Å². The number of sulfonamides is 1. The molecule has 0 saturated heterocycles. The highest BCUT2D eigenvalue weighted by atomic mass is 79.9. The van der Waals surface area contributed by atoms with Gasteiger partial charge in [-0.05, 0) is 12.1 Å². The lowest BCUT2D eigenvalue weighted by Crippen LogP contribution is -2.33. The van der Waals surface area contributed by atoms with E-state index in [1.807, 2.05) is 0 Å². The third kappa shape index (κ3) is 5.79. The topological polar surface area (TPSA) is 69.4 Å². The van der Waals surface area contributed by atoms with Crippen molar-refractivity contribution in [2.24, 2.45) is 10.6 Å². The van der Waals surface area contributed by atoms with Crippen LogP contribution in [0.5, 0.6) is 5.75 Å². The van der Waals surface area contributed by atoms with Gasteiger partial charge < -0.3 is 4.74 Å². The Morgan fingerprint density at radius 3 is 2.50 bits per heavy atom. The molecule has 0 heterocycles. The minimum Gasteiger partial charge on any atom is -0.493 e. The van der Waals surface area contributed by atoms with Crippen LogP contribution in [0, 0.1) is 11.2 Å². The molecule has 0 bridgehead atoms. The van der Waals surface area contributed by atoms with Gasteiger partial charge in [0.2, 0.25) is 10.0 Å². The predicted octanol–water partition coefficient (Wildman–Crippen LogP) is 2.28. The SMILES string of the molecule is CC(C)(COc1cc(F)cc(Br)c1)CS(N)(=O)=O. The van der Waals surface area contributed by atoms with E-state index in [-0.39, 0.29) is 12.4 Å². The second kappa shape index (κ2) is 5.54. The zero-order chi connectivity index (χ0) is 14.0. The van der Waals surface area contributed by atoms with Crippen molar-refractivity contribution in [3.05, 3.63) is 28.5 Å². The van der Waals surface area contributed by atoms with Crippen molar-refractivity contribution in [3.8, 4) is 5.75 Å². The van der Waals surface area contributed by atoms with E-state index in [1.54, 1.807) is 19.9 Å². The standard InChI is InChI=1S/C11H15BrFNO3S/c1-11(2,7-18(14,15)16)6-17-10-4-8(12)3-9(13)5-10/h3-5H,6-7H2,1-2H3,(H2,14,15,16). The fourth-order valence-corrected chi connectivity index (χ4v) is 3.09. The van der Waals surface area contributed by atoms with E-state index in [9.17, 15) is 12.8 Å². The van der Waals surface area contributed by atoms with Gasteiger partial charge in [-0.3, -0.25) is 0 Å². The number of primary sulfonamides is 1. The Morgan fingerprint density at radius 1 is 1.39 bits per heavy atom. The molecule has 0 aliphatic rings. The van der Waals surface area contributed by atoms with Crippen LogP contribution < -0.4 is 9.88 Å². The fraction of sp³-hybridized carbons (Fsp3) is 0.455. The minimum absolute atomic E-state index is 0.124. The Bertz CT molecular complexity index is 511. The molecule has 1 rings (SSSR count). The van der Waals surface area contributed by atoms with Crippen molar-refractivity contribution in [1.29, 1.82) is 0 Å². The zero-order valence-electron chi connectivity index (χ0n) is 10.1. The van der Waals surface area contributed by atoms with Crippen molar-refractivity contribution in [2.45, 2.75) is 13.8 Å². The molecule has 4 nitrogen and oxygen atoms in total. The summed E-state index contributed by atoms with van der Waals surface area (Å²) in [4.78, 5) is 0. The molecule has 0 atom stereocenters. The first-order chi connectivity index (χ1) is 8.07. The maximum atomic E-state index is 13.1. The van der Waals surface area contributed by atoms with Gasteiger partial charge in [0.25, 0.3) is 0 Å². The molecule has 18 heavy (non-hydrogen) atoms. The Morgan fingerprint density at radius 2 is 2.00 bits per heavy atom. The summed E-state index contributed by atoms with van der Waals surface area (Å²) in [6.07, 6.45) is 0. The molecule has 0 aliphatic carbocycles. The highest BCUT2D eigenvalue weighted by Gasteiger charge is 2.25. The quantitative estimate of drug-likeness (QED) is 0.894. The number of ether oxygens (including phenoxy) is 1. The third-order valence-electron chi connectivity index (χ3n) is 2.06. The lowest BCUT2D eigenvalue weighted by atomic mass is 9.98. The number of halogens is 2. The largest absolute Gasteiger partial charge is 0.493 e. The van der Waals surface area contributed by atoms with E-state index in [4.69, 9.17) is 9.88 Å². The number of hydrogen-bond acceptors (Lipinski definition) is 3. The summed E-state index contributed by atoms with van der Waals surface area (Å²) in [5.74, 6) is -0.288. The van der Waals surface area contributed by atoms with Crippen LogP contribution >= 0.6 is 15.9 Å². The van der Waals surface area contributed by atoms with Gasteiger partial charge in [-0.25, -0.2) is 17.9 Å². The number of nitrogens with two attached hydrogens (primary N) is 1. The summed E-state index contributed by atoms with van der Waals surface area (Å²) in [6, 6.07) is 4.15. The lowest BCUT2D eigenvalue weighted by Gasteiger charge is -2.23. The van der Waals surface area contributed by atoms with Gasteiger partial charge in [0, 0.05) is 16.0 Å². The number of benzene rings is 1. The van der Waals surface area contributed by atoms with Crippen LogP contribution in [-0.2, 0) is 10.0 Å². The molecule has 0 radical (unpaired) electrons. The predicted molar refractivity (Wildman–Crippen MR) is 71.4 cm³/mol. The molecule has 0 saturated carbocycles.